The number of halogens is 1. The minimum Gasteiger partial charge on any atom is -0.377 e. The molecule has 0 amide bonds. The molecule has 1 aliphatic rings. The van der Waals surface area contributed by atoms with Gasteiger partial charge in [0.05, 0.1) is 9.89 Å². The van der Waals surface area contributed by atoms with Crippen LogP contribution in [0.5, 0.6) is 0 Å². The lowest BCUT2D eigenvalue weighted by atomic mass is 10.2. The number of thiophene rings is 1. The van der Waals surface area contributed by atoms with Crippen molar-refractivity contribution < 1.29 is 4.74 Å². The van der Waals surface area contributed by atoms with Gasteiger partial charge in [0.15, 0.2) is 0 Å². The van der Waals surface area contributed by atoms with Crippen LogP contribution in [0.25, 0.3) is 0 Å². The molecule has 0 aromatic carbocycles. The first kappa shape index (κ1) is 11.6. The molecule has 2 rings (SSSR count). The normalized spacial score (nSPS) is 23.2. The molecule has 4 heteroatoms. The molecule has 1 aromatic rings. The van der Waals surface area contributed by atoms with Crippen LogP contribution in [-0.2, 0) is 4.74 Å². The van der Waals surface area contributed by atoms with Crippen molar-refractivity contribution in [3.05, 3.63) is 20.8 Å². The monoisotopic (exact) mass is 289 g/mol. The standard InChI is InChI=1S/C11H16BrNOS/c1-8(10-4-5-11(12)15-10)13-7-9-3-2-6-14-9/h4-5,8-9,13H,2-3,6-7H2,1H3/t8-,9+/m0/s1. The fourth-order valence-corrected chi connectivity index (χ4v) is 3.23. The lowest BCUT2D eigenvalue weighted by Gasteiger charge is -2.15. The van der Waals surface area contributed by atoms with E-state index < -0.39 is 0 Å². The summed E-state index contributed by atoms with van der Waals surface area (Å²) in [5.41, 5.74) is 0. The summed E-state index contributed by atoms with van der Waals surface area (Å²) in [6, 6.07) is 4.69. The molecule has 1 aliphatic heterocycles. The molecule has 2 atom stereocenters. The minimum atomic E-state index is 0.422. The van der Waals surface area contributed by atoms with Gasteiger partial charge in [-0.2, -0.15) is 0 Å². The van der Waals surface area contributed by atoms with Crippen molar-refractivity contribution in [2.45, 2.75) is 31.9 Å². The smallest absolute Gasteiger partial charge is 0.0701 e. The van der Waals surface area contributed by atoms with Crippen LogP contribution < -0.4 is 5.32 Å². The van der Waals surface area contributed by atoms with Gasteiger partial charge in [0.2, 0.25) is 0 Å². The molecular weight excluding hydrogens is 274 g/mol. The lowest BCUT2D eigenvalue weighted by molar-refractivity contribution is 0.108. The summed E-state index contributed by atoms with van der Waals surface area (Å²) >= 11 is 5.28. The average Bonchev–Trinajstić information content (AvgIpc) is 2.84. The van der Waals surface area contributed by atoms with Gasteiger partial charge in [0.25, 0.3) is 0 Å². The van der Waals surface area contributed by atoms with Crippen LogP contribution in [0.1, 0.15) is 30.7 Å². The highest BCUT2D eigenvalue weighted by Gasteiger charge is 2.16. The molecule has 0 bridgehead atoms. The molecule has 2 nitrogen and oxygen atoms in total. The fraction of sp³-hybridized carbons (Fsp3) is 0.636. The molecule has 2 heterocycles. The number of nitrogens with one attached hydrogen (secondary N) is 1. The van der Waals surface area contributed by atoms with Crippen molar-refractivity contribution in [2.24, 2.45) is 0 Å². The third-order valence-corrected chi connectivity index (χ3v) is 4.50. The van der Waals surface area contributed by atoms with Gasteiger partial charge in [0.1, 0.15) is 0 Å². The predicted octanol–water partition coefficient (Wildman–Crippen LogP) is 3.34. The molecule has 0 saturated carbocycles. The average molecular weight is 290 g/mol. The third-order valence-electron chi connectivity index (χ3n) is 2.70. The van der Waals surface area contributed by atoms with Crippen LogP contribution in [0.3, 0.4) is 0 Å². The number of hydrogen-bond donors (Lipinski definition) is 1. The van der Waals surface area contributed by atoms with Gasteiger partial charge >= 0.3 is 0 Å². The summed E-state index contributed by atoms with van der Waals surface area (Å²) in [6.45, 7) is 4.11. The van der Waals surface area contributed by atoms with Crippen LogP contribution in [0, 0.1) is 0 Å². The molecule has 84 valence electrons. The van der Waals surface area contributed by atoms with Gasteiger partial charge in [-0.3, -0.25) is 0 Å². The molecule has 1 fully saturated rings. The number of hydrogen-bond acceptors (Lipinski definition) is 3. The molecule has 15 heavy (non-hydrogen) atoms. The second kappa shape index (κ2) is 5.43. The van der Waals surface area contributed by atoms with E-state index in [1.807, 2.05) is 0 Å². The maximum Gasteiger partial charge on any atom is 0.0701 e. The van der Waals surface area contributed by atoms with E-state index in [0.717, 1.165) is 13.2 Å². The summed E-state index contributed by atoms with van der Waals surface area (Å²) in [4.78, 5) is 1.37. The van der Waals surface area contributed by atoms with E-state index in [1.54, 1.807) is 11.3 Å². The molecule has 1 aromatic heterocycles. The zero-order valence-corrected chi connectivity index (χ0v) is 11.2. The largest absolute Gasteiger partial charge is 0.377 e. The Kier molecular flexibility index (Phi) is 4.20. The molecule has 1 N–H and O–H groups in total. The van der Waals surface area contributed by atoms with Crippen molar-refractivity contribution in [3.8, 4) is 0 Å². The molecule has 0 radical (unpaired) electrons. The van der Waals surface area contributed by atoms with E-state index in [2.05, 4.69) is 40.3 Å². The quantitative estimate of drug-likeness (QED) is 0.918. The Morgan fingerprint density at radius 3 is 3.13 bits per heavy atom. The first-order valence-electron chi connectivity index (χ1n) is 5.36. The minimum absolute atomic E-state index is 0.422. The van der Waals surface area contributed by atoms with Crippen molar-refractivity contribution in [2.75, 3.05) is 13.2 Å². The van der Waals surface area contributed by atoms with Crippen LogP contribution in [0.15, 0.2) is 15.9 Å². The van der Waals surface area contributed by atoms with Gasteiger partial charge in [0, 0.05) is 24.1 Å². The second-order valence-corrected chi connectivity index (χ2v) is 6.40. The van der Waals surface area contributed by atoms with Gasteiger partial charge in [-0.05, 0) is 47.8 Å². The molecule has 0 unspecified atom stereocenters. The Morgan fingerprint density at radius 2 is 2.53 bits per heavy atom. The summed E-state index contributed by atoms with van der Waals surface area (Å²) < 4.78 is 6.77. The van der Waals surface area contributed by atoms with Crippen molar-refractivity contribution in [3.63, 3.8) is 0 Å². The first-order valence-corrected chi connectivity index (χ1v) is 6.97. The van der Waals surface area contributed by atoms with Crippen LogP contribution in [-0.4, -0.2) is 19.3 Å². The molecule has 1 saturated heterocycles. The Labute approximate surface area is 103 Å². The van der Waals surface area contributed by atoms with Crippen molar-refractivity contribution in [1.29, 1.82) is 0 Å². The van der Waals surface area contributed by atoms with Gasteiger partial charge in [-0.25, -0.2) is 0 Å². The topological polar surface area (TPSA) is 21.3 Å². The Balaban J connectivity index is 1.79. The fourth-order valence-electron chi connectivity index (χ4n) is 1.78. The first-order chi connectivity index (χ1) is 7.25. The highest BCUT2D eigenvalue weighted by molar-refractivity contribution is 9.11. The van der Waals surface area contributed by atoms with E-state index >= 15 is 0 Å². The van der Waals surface area contributed by atoms with Crippen LogP contribution in [0.2, 0.25) is 0 Å². The molecular formula is C11H16BrNOS. The maximum absolute atomic E-state index is 5.58. The van der Waals surface area contributed by atoms with Crippen molar-refractivity contribution in [1.82, 2.24) is 5.32 Å². The van der Waals surface area contributed by atoms with E-state index in [1.165, 1.54) is 21.5 Å². The zero-order chi connectivity index (χ0) is 10.7. The summed E-state index contributed by atoms with van der Waals surface area (Å²) in [7, 11) is 0. The Bertz CT molecular complexity index is 309. The lowest BCUT2D eigenvalue weighted by Crippen LogP contribution is -2.28. The third kappa shape index (κ3) is 3.28. The second-order valence-electron chi connectivity index (χ2n) is 3.91. The number of rotatable bonds is 4. The van der Waals surface area contributed by atoms with Crippen LogP contribution in [0.4, 0.5) is 0 Å². The SMILES string of the molecule is C[C@H](NC[C@H]1CCCO1)c1ccc(Br)s1. The number of ether oxygens (including phenoxy) is 1. The van der Waals surface area contributed by atoms with E-state index in [9.17, 15) is 0 Å². The highest BCUT2D eigenvalue weighted by Crippen LogP contribution is 2.27. The van der Waals surface area contributed by atoms with Gasteiger partial charge in [-0.1, -0.05) is 0 Å². The van der Waals surface area contributed by atoms with Gasteiger partial charge < -0.3 is 10.1 Å². The summed E-state index contributed by atoms with van der Waals surface area (Å²) in [5, 5.41) is 3.52. The van der Waals surface area contributed by atoms with Gasteiger partial charge in [-0.15, -0.1) is 11.3 Å². The maximum atomic E-state index is 5.58. The van der Waals surface area contributed by atoms with E-state index in [4.69, 9.17) is 4.74 Å². The Morgan fingerprint density at radius 1 is 1.67 bits per heavy atom. The molecule has 0 spiro atoms. The van der Waals surface area contributed by atoms with E-state index in [-0.39, 0.29) is 0 Å². The zero-order valence-electron chi connectivity index (χ0n) is 8.83. The highest BCUT2D eigenvalue weighted by atomic mass is 79.9. The van der Waals surface area contributed by atoms with E-state index in [0.29, 0.717) is 12.1 Å². The Hall–Kier alpha value is 0.1000. The molecule has 0 aliphatic carbocycles. The predicted molar refractivity (Wildman–Crippen MR) is 67.4 cm³/mol. The van der Waals surface area contributed by atoms with Crippen LogP contribution >= 0.6 is 27.3 Å². The van der Waals surface area contributed by atoms with Crippen molar-refractivity contribution >= 4 is 27.3 Å². The summed E-state index contributed by atoms with van der Waals surface area (Å²) in [6.07, 6.45) is 2.84. The summed E-state index contributed by atoms with van der Waals surface area (Å²) in [5.74, 6) is 0.